The highest BCUT2D eigenvalue weighted by Gasteiger charge is 2.21. The fraction of sp³-hybridized carbons (Fsp3) is 0.286. The number of rotatable bonds is 0. The Labute approximate surface area is 95.4 Å². The Morgan fingerprint density at radius 1 is 1.00 bits per heavy atom. The van der Waals surface area contributed by atoms with Crippen molar-refractivity contribution in [2.45, 2.75) is 27.2 Å². The second kappa shape index (κ2) is 3.14. The smallest absolute Gasteiger partial charge is 0.0927 e. The summed E-state index contributed by atoms with van der Waals surface area (Å²) >= 11 is 0. The average Bonchev–Trinajstić information content (AvgIpc) is 2.55. The van der Waals surface area contributed by atoms with Crippen LogP contribution in [-0.4, -0.2) is 9.97 Å². The number of aryl methyl sites for hydroxylation is 3. The van der Waals surface area contributed by atoms with Crippen LogP contribution in [0.4, 0.5) is 0 Å². The van der Waals surface area contributed by atoms with Gasteiger partial charge in [-0.2, -0.15) is 0 Å². The lowest BCUT2D eigenvalue weighted by Crippen LogP contribution is -1.92. The van der Waals surface area contributed by atoms with E-state index in [1.807, 2.05) is 6.20 Å². The van der Waals surface area contributed by atoms with Crippen LogP contribution in [0.15, 0.2) is 18.3 Å². The van der Waals surface area contributed by atoms with Crippen molar-refractivity contribution in [2.75, 3.05) is 0 Å². The third-order valence-corrected chi connectivity index (χ3v) is 3.25. The molecule has 0 amide bonds. The topological polar surface area (TPSA) is 25.8 Å². The Balaban J connectivity index is 2.25. The molecule has 0 aliphatic heterocycles. The largest absolute Gasteiger partial charge is 0.254 e. The van der Waals surface area contributed by atoms with Gasteiger partial charge in [-0.05, 0) is 43.0 Å². The van der Waals surface area contributed by atoms with Crippen molar-refractivity contribution >= 4 is 0 Å². The van der Waals surface area contributed by atoms with Gasteiger partial charge in [0, 0.05) is 18.3 Å². The number of hydrogen-bond acceptors (Lipinski definition) is 2. The van der Waals surface area contributed by atoms with Crippen LogP contribution in [0.1, 0.15) is 27.9 Å². The van der Waals surface area contributed by atoms with Gasteiger partial charge in [0.2, 0.25) is 0 Å². The summed E-state index contributed by atoms with van der Waals surface area (Å²) in [5.74, 6) is 0. The predicted octanol–water partition coefficient (Wildman–Crippen LogP) is 2.97. The Morgan fingerprint density at radius 2 is 1.75 bits per heavy atom. The lowest BCUT2D eigenvalue weighted by molar-refractivity contribution is 1.12. The van der Waals surface area contributed by atoms with Crippen LogP contribution >= 0.6 is 0 Å². The molecule has 2 aromatic rings. The second-order valence-electron chi connectivity index (χ2n) is 4.60. The minimum absolute atomic E-state index is 0.980. The molecule has 2 heterocycles. The molecule has 0 N–H and O–H groups in total. The van der Waals surface area contributed by atoms with Crippen molar-refractivity contribution in [1.29, 1.82) is 0 Å². The third-order valence-electron chi connectivity index (χ3n) is 3.25. The maximum absolute atomic E-state index is 4.66. The fourth-order valence-electron chi connectivity index (χ4n) is 2.28. The molecule has 2 nitrogen and oxygen atoms in total. The summed E-state index contributed by atoms with van der Waals surface area (Å²) in [4.78, 5) is 9.17. The molecule has 0 bridgehead atoms. The zero-order chi connectivity index (χ0) is 11.3. The van der Waals surface area contributed by atoms with E-state index in [9.17, 15) is 0 Å². The van der Waals surface area contributed by atoms with E-state index in [-0.39, 0.29) is 0 Å². The van der Waals surface area contributed by atoms with E-state index < -0.39 is 0 Å². The average molecular weight is 210 g/mol. The molecular weight excluding hydrogens is 196 g/mol. The van der Waals surface area contributed by atoms with Gasteiger partial charge in [0.05, 0.1) is 11.4 Å². The van der Waals surface area contributed by atoms with Crippen LogP contribution in [0.2, 0.25) is 0 Å². The number of hydrogen-bond donors (Lipinski definition) is 0. The highest BCUT2D eigenvalue weighted by atomic mass is 14.8. The van der Waals surface area contributed by atoms with E-state index in [0.717, 1.165) is 23.5 Å². The summed E-state index contributed by atoms with van der Waals surface area (Å²) in [5, 5.41) is 0. The molecule has 0 fully saturated rings. The van der Waals surface area contributed by atoms with Crippen molar-refractivity contribution in [3.05, 3.63) is 46.3 Å². The van der Waals surface area contributed by atoms with Gasteiger partial charge in [-0.25, -0.2) is 0 Å². The highest BCUT2D eigenvalue weighted by Crippen LogP contribution is 2.34. The molecule has 2 aromatic heterocycles. The highest BCUT2D eigenvalue weighted by molar-refractivity contribution is 5.70. The summed E-state index contributed by atoms with van der Waals surface area (Å²) in [6.07, 6.45) is 2.90. The van der Waals surface area contributed by atoms with Crippen LogP contribution in [-0.2, 0) is 6.42 Å². The van der Waals surface area contributed by atoms with Crippen LogP contribution in [0.5, 0.6) is 0 Å². The summed E-state index contributed by atoms with van der Waals surface area (Å²) < 4.78 is 0. The van der Waals surface area contributed by atoms with E-state index >= 15 is 0 Å². The Hall–Kier alpha value is -1.70. The zero-order valence-corrected chi connectivity index (χ0v) is 9.83. The molecule has 1 aliphatic rings. The first-order chi connectivity index (χ1) is 7.65. The van der Waals surface area contributed by atoms with E-state index in [4.69, 9.17) is 0 Å². The molecule has 0 aromatic carbocycles. The number of aromatic nitrogens is 2. The van der Waals surface area contributed by atoms with E-state index in [1.165, 1.54) is 22.3 Å². The Morgan fingerprint density at radius 3 is 2.56 bits per heavy atom. The van der Waals surface area contributed by atoms with Crippen molar-refractivity contribution in [2.24, 2.45) is 0 Å². The monoisotopic (exact) mass is 210 g/mol. The normalized spacial score (nSPS) is 12.4. The van der Waals surface area contributed by atoms with E-state index in [2.05, 4.69) is 42.9 Å². The van der Waals surface area contributed by atoms with Gasteiger partial charge in [0.15, 0.2) is 0 Å². The summed E-state index contributed by atoms with van der Waals surface area (Å²) in [6, 6.07) is 4.46. The Bertz CT molecular complexity index is 586. The lowest BCUT2D eigenvalue weighted by Gasteiger charge is -2.03. The molecule has 0 atom stereocenters. The molecular formula is C14H14N2. The van der Waals surface area contributed by atoms with Gasteiger partial charge in [-0.3, -0.25) is 9.97 Å². The van der Waals surface area contributed by atoms with E-state index in [1.54, 1.807) is 0 Å². The van der Waals surface area contributed by atoms with Gasteiger partial charge in [-0.15, -0.1) is 0 Å². The number of fused-ring (bicyclic) bond motifs is 3. The maximum atomic E-state index is 4.66. The molecule has 0 spiro atoms. The molecule has 3 rings (SSSR count). The molecule has 2 heteroatoms. The van der Waals surface area contributed by atoms with Gasteiger partial charge in [0.1, 0.15) is 0 Å². The van der Waals surface area contributed by atoms with Crippen molar-refractivity contribution in [3.63, 3.8) is 0 Å². The first-order valence-corrected chi connectivity index (χ1v) is 5.58. The third kappa shape index (κ3) is 1.26. The number of nitrogens with zero attached hydrogens (tertiary/aromatic N) is 2. The minimum Gasteiger partial charge on any atom is -0.254 e. The van der Waals surface area contributed by atoms with Gasteiger partial charge in [-0.1, -0.05) is 12.1 Å². The van der Waals surface area contributed by atoms with Crippen LogP contribution in [0, 0.1) is 20.8 Å². The minimum atomic E-state index is 0.980. The lowest BCUT2D eigenvalue weighted by atomic mass is 10.1. The summed E-state index contributed by atoms with van der Waals surface area (Å²) in [5.41, 5.74) is 8.38. The standard InChI is InChI=1S/C14H14N2/c1-8-4-11-6-12-5-9(2)10(3)16-14(12)13(11)15-7-8/h4-5,7H,6H2,1-3H3. The van der Waals surface area contributed by atoms with Crippen LogP contribution < -0.4 is 0 Å². The van der Waals surface area contributed by atoms with Gasteiger partial charge < -0.3 is 0 Å². The second-order valence-corrected chi connectivity index (χ2v) is 4.60. The summed E-state index contributed by atoms with van der Waals surface area (Å²) in [6.45, 7) is 6.26. The Kier molecular flexibility index (Phi) is 1.87. The number of pyridine rings is 2. The summed E-state index contributed by atoms with van der Waals surface area (Å²) in [7, 11) is 0. The van der Waals surface area contributed by atoms with Crippen molar-refractivity contribution in [1.82, 2.24) is 9.97 Å². The molecule has 0 saturated carbocycles. The zero-order valence-electron chi connectivity index (χ0n) is 9.83. The molecule has 0 saturated heterocycles. The van der Waals surface area contributed by atoms with Gasteiger partial charge in [0.25, 0.3) is 0 Å². The maximum Gasteiger partial charge on any atom is 0.0927 e. The van der Waals surface area contributed by atoms with E-state index in [0.29, 0.717) is 0 Å². The molecule has 1 aliphatic carbocycles. The fourth-order valence-corrected chi connectivity index (χ4v) is 2.28. The van der Waals surface area contributed by atoms with Crippen LogP contribution in [0.3, 0.4) is 0 Å². The molecule has 0 radical (unpaired) electrons. The SMILES string of the molecule is Cc1cnc2c(c1)Cc1cc(C)c(C)nc1-2. The molecule has 0 unspecified atom stereocenters. The van der Waals surface area contributed by atoms with Crippen molar-refractivity contribution in [3.8, 4) is 11.4 Å². The first-order valence-electron chi connectivity index (χ1n) is 5.58. The molecule has 16 heavy (non-hydrogen) atoms. The van der Waals surface area contributed by atoms with Crippen LogP contribution in [0.25, 0.3) is 11.4 Å². The van der Waals surface area contributed by atoms with Gasteiger partial charge >= 0.3 is 0 Å². The molecule has 80 valence electrons. The predicted molar refractivity (Wildman–Crippen MR) is 64.5 cm³/mol. The first kappa shape index (κ1) is 9.52. The van der Waals surface area contributed by atoms with Crippen molar-refractivity contribution < 1.29 is 0 Å². The quantitative estimate of drug-likeness (QED) is 0.570.